The second-order valence-electron chi connectivity index (χ2n) is 7.00. The molecule has 27 heavy (non-hydrogen) atoms. The zero-order valence-corrected chi connectivity index (χ0v) is 15.9. The highest BCUT2D eigenvalue weighted by molar-refractivity contribution is 5.95. The Morgan fingerprint density at radius 3 is 2.63 bits per heavy atom. The number of benzene rings is 1. The standard InChI is InChI=1S/C20H26N4O3/c1-15-5-7-16(8-6-15)18-13-17(22-27-18)20(26)23(2)14-19(25)21-9-12-24-10-3-4-11-24/h5-8,13H,3-4,9-12,14H2,1-2H3,(H,21,25). The topological polar surface area (TPSA) is 78.7 Å². The van der Waals surface area contributed by atoms with Crippen molar-refractivity contribution in [3.8, 4) is 11.3 Å². The molecule has 1 aliphatic heterocycles. The first-order valence-corrected chi connectivity index (χ1v) is 9.31. The van der Waals surface area contributed by atoms with Gasteiger partial charge in [-0.05, 0) is 32.9 Å². The number of likely N-dealkylation sites (N-methyl/N-ethyl adjacent to an activating group) is 1. The van der Waals surface area contributed by atoms with Gasteiger partial charge >= 0.3 is 0 Å². The lowest BCUT2D eigenvalue weighted by Gasteiger charge is -2.17. The number of nitrogens with one attached hydrogen (secondary N) is 1. The molecule has 2 amide bonds. The number of hydrogen-bond donors (Lipinski definition) is 1. The Balaban J connectivity index is 1.49. The second-order valence-corrected chi connectivity index (χ2v) is 7.00. The highest BCUT2D eigenvalue weighted by Crippen LogP contribution is 2.21. The van der Waals surface area contributed by atoms with Crippen LogP contribution in [0.5, 0.6) is 0 Å². The summed E-state index contributed by atoms with van der Waals surface area (Å²) in [6.45, 7) is 5.65. The largest absolute Gasteiger partial charge is 0.355 e. The lowest BCUT2D eigenvalue weighted by atomic mass is 10.1. The zero-order chi connectivity index (χ0) is 19.2. The molecule has 0 atom stereocenters. The molecule has 144 valence electrons. The Hall–Kier alpha value is -2.67. The van der Waals surface area contributed by atoms with E-state index in [1.165, 1.54) is 17.7 Å². The van der Waals surface area contributed by atoms with Crippen LogP contribution in [0.2, 0.25) is 0 Å². The van der Waals surface area contributed by atoms with Gasteiger partial charge < -0.3 is 19.6 Å². The lowest BCUT2D eigenvalue weighted by molar-refractivity contribution is -0.121. The van der Waals surface area contributed by atoms with Crippen LogP contribution in [-0.2, 0) is 4.79 Å². The number of aryl methyl sites for hydroxylation is 1. The minimum atomic E-state index is -0.341. The van der Waals surface area contributed by atoms with E-state index < -0.39 is 0 Å². The molecule has 0 spiro atoms. The molecule has 0 aliphatic carbocycles. The minimum Gasteiger partial charge on any atom is -0.355 e. The van der Waals surface area contributed by atoms with Crippen LogP contribution in [0, 0.1) is 6.92 Å². The molecule has 0 radical (unpaired) electrons. The third-order valence-electron chi connectivity index (χ3n) is 4.74. The normalized spacial score (nSPS) is 14.3. The van der Waals surface area contributed by atoms with Crippen molar-refractivity contribution in [3.05, 3.63) is 41.6 Å². The Labute approximate surface area is 159 Å². The molecule has 1 aromatic heterocycles. The summed E-state index contributed by atoms with van der Waals surface area (Å²) in [5.41, 5.74) is 2.19. The van der Waals surface area contributed by atoms with E-state index in [0.29, 0.717) is 12.3 Å². The number of amides is 2. The van der Waals surface area contributed by atoms with E-state index in [1.807, 2.05) is 31.2 Å². The van der Waals surface area contributed by atoms with Gasteiger partial charge in [0.2, 0.25) is 5.91 Å². The number of nitrogens with zero attached hydrogens (tertiary/aromatic N) is 3. The summed E-state index contributed by atoms with van der Waals surface area (Å²) >= 11 is 0. The molecule has 0 saturated carbocycles. The van der Waals surface area contributed by atoms with Gasteiger partial charge in [0.05, 0.1) is 6.54 Å². The summed E-state index contributed by atoms with van der Waals surface area (Å²) in [7, 11) is 1.59. The average Bonchev–Trinajstić information content (AvgIpc) is 3.33. The summed E-state index contributed by atoms with van der Waals surface area (Å²) in [6, 6.07) is 9.38. The third-order valence-corrected chi connectivity index (χ3v) is 4.74. The van der Waals surface area contributed by atoms with Gasteiger partial charge in [-0.3, -0.25) is 9.59 Å². The first-order chi connectivity index (χ1) is 13.0. The number of rotatable bonds is 7. The summed E-state index contributed by atoms with van der Waals surface area (Å²) in [6.07, 6.45) is 2.46. The molecule has 1 aliphatic rings. The van der Waals surface area contributed by atoms with Gasteiger partial charge in [-0.1, -0.05) is 35.0 Å². The molecule has 0 bridgehead atoms. The lowest BCUT2D eigenvalue weighted by Crippen LogP contribution is -2.41. The van der Waals surface area contributed by atoms with Crippen LogP contribution >= 0.6 is 0 Å². The summed E-state index contributed by atoms with van der Waals surface area (Å²) in [5, 5.41) is 6.72. The van der Waals surface area contributed by atoms with E-state index in [9.17, 15) is 9.59 Å². The molecule has 1 N–H and O–H groups in total. The van der Waals surface area contributed by atoms with Crippen molar-refractivity contribution >= 4 is 11.8 Å². The fourth-order valence-electron chi connectivity index (χ4n) is 3.13. The molecule has 1 saturated heterocycles. The summed E-state index contributed by atoms with van der Waals surface area (Å²) in [4.78, 5) is 28.2. The van der Waals surface area contributed by atoms with Crippen LogP contribution in [0.15, 0.2) is 34.9 Å². The maximum absolute atomic E-state index is 12.5. The van der Waals surface area contributed by atoms with Gasteiger partial charge in [0.15, 0.2) is 11.5 Å². The number of aromatic nitrogens is 1. The SMILES string of the molecule is Cc1ccc(-c2cc(C(=O)N(C)CC(=O)NCCN3CCCC3)no2)cc1. The highest BCUT2D eigenvalue weighted by Gasteiger charge is 2.20. The zero-order valence-electron chi connectivity index (χ0n) is 15.9. The van der Waals surface area contributed by atoms with Crippen molar-refractivity contribution in [2.24, 2.45) is 0 Å². The Morgan fingerprint density at radius 2 is 1.93 bits per heavy atom. The molecule has 7 heteroatoms. The fourth-order valence-corrected chi connectivity index (χ4v) is 3.13. The van der Waals surface area contributed by atoms with Crippen LogP contribution in [0.25, 0.3) is 11.3 Å². The number of carbonyl (C=O) groups excluding carboxylic acids is 2. The van der Waals surface area contributed by atoms with Gasteiger partial charge in [0.1, 0.15) is 0 Å². The van der Waals surface area contributed by atoms with Crippen LogP contribution < -0.4 is 5.32 Å². The molecule has 2 aromatic rings. The maximum atomic E-state index is 12.5. The summed E-state index contributed by atoms with van der Waals surface area (Å²) < 4.78 is 5.29. The smallest absolute Gasteiger partial charge is 0.276 e. The predicted octanol–water partition coefficient (Wildman–Crippen LogP) is 1.93. The van der Waals surface area contributed by atoms with Crippen LogP contribution in [-0.4, -0.2) is 66.5 Å². The van der Waals surface area contributed by atoms with Crippen LogP contribution in [0.1, 0.15) is 28.9 Å². The third kappa shape index (κ3) is 5.17. The molecule has 0 unspecified atom stereocenters. The molecule has 1 fully saturated rings. The molecular weight excluding hydrogens is 344 g/mol. The van der Waals surface area contributed by atoms with Crippen molar-refractivity contribution < 1.29 is 14.1 Å². The van der Waals surface area contributed by atoms with E-state index in [4.69, 9.17) is 4.52 Å². The second kappa shape index (κ2) is 8.81. The first kappa shape index (κ1) is 19.1. The van der Waals surface area contributed by atoms with Crippen LogP contribution in [0.4, 0.5) is 0 Å². The Bertz CT molecular complexity index is 779. The number of likely N-dealkylation sites (tertiary alicyclic amines) is 1. The molecule has 1 aromatic carbocycles. The van der Waals surface area contributed by atoms with E-state index in [2.05, 4.69) is 15.4 Å². The Kier molecular flexibility index (Phi) is 6.24. The number of carbonyl (C=O) groups is 2. The van der Waals surface area contributed by atoms with Gasteiger partial charge in [0, 0.05) is 31.8 Å². The van der Waals surface area contributed by atoms with Crippen LogP contribution in [0.3, 0.4) is 0 Å². The van der Waals surface area contributed by atoms with Crippen molar-refractivity contribution in [1.82, 2.24) is 20.3 Å². The Morgan fingerprint density at radius 1 is 1.22 bits per heavy atom. The van der Waals surface area contributed by atoms with E-state index >= 15 is 0 Å². The van der Waals surface area contributed by atoms with Crippen molar-refractivity contribution in [2.45, 2.75) is 19.8 Å². The van der Waals surface area contributed by atoms with Gasteiger partial charge in [-0.2, -0.15) is 0 Å². The predicted molar refractivity (Wildman–Crippen MR) is 102 cm³/mol. The van der Waals surface area contributed by atoms with Crippen molar-refractivity contribution in [3.63, 3.8) is 0 Å². The van der Waals surface area contributed by atoms with Gasteiger partial charge in [0.25, 0.3) is 5.91 Å². The van der Waals surface area contributed by atoms with E-state index in [-0.39, 0.29) is 24.1 Å². The molecule has 3 rings (SSSR count). The average molecular weight is 370 g/mol. The van der Waals surface area contributed by atoms with Gasteiger partial charge in [-0.25, -0.2) is 0 Å². The van der Waals surface area contributed by atoms with Crippen molar-refractivity contribution in [1.29, 1.82) is 0 Å². The highest BCUT2D eigenvalue weighted by atomic mass is 16.5. The van der Waals surface area contributed by atoms with E-state index in [1.54, 1.807) is 13.1 Å². The quantitative estimate of drug-likeness (QED) is 0.806. The molecule has 2 heterocycles. The van der Waals surface area contributed by atoms with Gasteiger partial charge in [-0.15, -0.1) is 0 Å². The summed E-state index contributed by atoms with van der Waals surface area (Å²) in [5.74, 6) is 0.0147. The molecule has 7 nitrogen and oxygen atoms in total. The maximum Gasteiger partial charge on any atom is 0.276 e. The number of hydrogen-bond acceptors (Lipinski definition) is 5. The van der Waals surface area contributed by atoms with E-state index in [0.717, 1.165) is 30.8 Å². The van der Waals surface area contributed by atoms with Crippen molar-refractivity contribution in [2.75, 3.05) is 39.8 Å². The molecular formula is C20H26N4O3. The first-order valence-electron chi connectivity index (χ1n) is 9.31. The fraction of sp³-hybridized carbons (Fsp3) is 0.450. The monoisotopic (exact) mass is 370 g/mol. The minimum absolute atomic E-state index is 0.00837.